The molecule has 7 nitrogen and oxygen atoms in total. The fourth-order valence-electron chi connectivity index (χ4n) is 2.75. The summed E-state index contributed by atoms with van der Waals surface area (Å²) in [5.41, 5.74) is -0.503. The van der Waals surface area contributed by atoms with E-state index in [0.717, 1.165) is 28.6 Å². The van der Waals surface area contributed by atoms with Crippen molar-refractivity contribution < 1.29 is 35.1 Å². The molecule has 2 N–H and O–H groups in total. The maximum Gasteiger partial charge on any atom is 0.416 e. The standard InChI is InChI=1S/C20H17F3N2O5S2/c1-30-18-10-12-19(13-11-18)32(28,29)24-15-4-8-17(9-5-15)25(31(26)27)16-6-2-14(3-7-16)20(21,22)23/h2-13,24H,1H3,(H,26,27). The first kappa shape index (κ1) is 23.6. The second kappa shape index (κ2) is 9.18. The van der Waals surface area contributed by atoms with Crippen molar-refractivity contribution in [3.63, 3.8) is 0 Å². The minimum atomic E-state index is -4.54. The summed E-state index contributed by atoms with van der Waals surface area (Å²) in [4.78, 5) is 0.00483. The summed E-state index contributed by atoms with van der Waals surface area (Å²) < 4.78 is 93.1. The summed E-state index contributed by atoms with van der Waals surface area (Å²) >= 11 is -2.59. The van der Waals surface area contributed by atoms with Crippen LogP contribution in [-0.4, -0.2) is 24.3 Å². The van der Waals surface area contributed by atoms with Gasteiger partial charge in [-0.15, -0.1) is 0 Å². The molecule has 1 unspecified atom stereocenters. The van der Waals surface area contributed by atoms with Gasteiger partial charge in [-0.25, -0.2) is 16.9 Å². The van der Waals surface area contributed by atoms with E-state index in [4.69, 9.17) is 4.74 Å². The molecule has 0 heterocycles. The van der Waals surface area contributed by atoms with Gasteiger partial charge in [-0.1, -0.05) is 0 Å². The van der Waals surface area contributed by atoms with Gasteiger partial charge in [0.25, 0.3) is 21.3 Å². The molecule has 0 saturated carbocycles. The van der Waals surface area contributed by atoms with Crippen molar-refractivity contribution >= 4 is 38.4 Å². The first-order chi connectivity index (χ1) is 15.0. The predicted molar refractivity (Wildman–Crippen MR) is 115 cm³/mol. The predicted octanol–water partition coefficient (Wildman–Crippen LogP) is 4.79. The second-order valence-corrected chi connectivity index (χ2v) is 8.91. The molecule has 170 valence electrons. The van der Waals surface area contributed by atoms with Crippen LogP contribution in [0.15, 0.2) is 77.7 Å². The minimum Gasteiger partial charge on any atom is -0.497 e. The first-order valence-electron chi connectivity index (χ1n) is 8.86. The van der Waals surface area contributed by atoms with Gasteiger partial charge in [0.2, 0.25) is 0 Å². The fourth-order valence-corrected chi connectivity index (χ4v) is 4.41. The quantitative estimate of drug-likeness (QED) is 0.468. The highest BCUT2D eigenvalue weighted by Gasteiger charge is 2.30. The van der Waals surface area contributed by atoms with E-state index in [1.54, 1.807) is 0 Å². The molecule has 1 atom stereocenters. The number of alkyl halides is 3. The Morgan fingerprint density at radius 1 is 0.906 bits per heavy atom. The van der Waals surface area contributed by atoms with Crippen LogP contribution in [0, 0.1) is 0 Å². The van der Waals surface area contributed by atoms with Crippen molar-refractivity contribution in [2.75, 3.05) is 16.1 Å². The van der Waals surface area contributed by atoms with Crippen molar-refractivity contribution in [3.8, 4) is 5.75 Å². The lowest BCUT2D eigenvalue weighted by molar-refractivity contribution is -0.137. The lowest BCUT2D eigenvalue weighted by Crippen LogP contribution is -2.19. The number of rotatable bonds is 7. The Labute approximate surface area is 184 Å². The Hall–Kier alpha value is -3.09. The van der Waals surface area contributed by atoms with E-state index in [2.05, 4.69) is 4.72 Å². The first-order valence-corrected chi connectivity index (χ1v) is 11.4. The third-order valence-corrected chi connectivity index (χ3v) is 6.44. The van der Waals surface area contributed by atoms with Crippen LogP contribution in [0.3, 0.4) is 0 Å². The number of sulfonamides is 1. The summed E-state index contributed by atoms with van der Waals surface area (Å²) in [7, 11) is -2.44. The topological polar surface area (TPSA) is 95.9 Å². The van der Waals surface area contributed by atoms with E-state index in [9.17, 15) is 30.4 Å². The van der Waals surface area contributed by atoms with Gasteiger partial charge >= 0.3 is 6.18 Å². The lowest BCUT2D eigenvalue weighted by Gasteiger charge is -2.21. The normalized spacial score (nSPS) is 12.8. The molecule has 0 aliphatic heterocycles. The second-order valence-electron chi connectivity index (χ2n) is 6.40. The van der Waals surface area contributed by atoms with E-state index >= 15 is 0 Å². The average molecular weight is 486 g/mol. The molecule has 0 aliphatic rings. The molecule has 0 radical (unpaired) electrons. The van der Waals surface area contributed by atoms with Crippen LogP contribution >= 0.6 is 0 Å². The van der Waals surface area contributed by atoms with Gasteiger partial charge in [-0.05, 0) is 72.8 Å². The van der Waals surface area contributed by atoms with E-state index in [1.807, 2.05) is 0 Å². The summed E-state index contributed by atoms with van der Waals surface area (Å²) in [5, 5.41) is 0. The molecule has 0 spiro atoms. The molecule has 12 heteroatoms. The Morgan fingerprint density at radius 2 is 1.41 bits per heavy atom. The average Bonchev–Trinajstić information content (AvgIpc) is 2.74. The van der Waals surface area contributed by atoms with Crippen LogP contribution < -0.4 is 13.8 Å². The van der Waals surface area contributed by atoms with Gasteiger partial charge in [-0.2, -0.15) is 13.2 Å². The smallest absolute Gasteiger partial charge is 0.416 e. The number of nitrogens with zero attached hydrogens (tertiary/aromatic N) is 1. The molecule has 0 aliphatic carbocycles. The largest absolute Gasteiger partial charge is 0.497 e. The molecule has 32 heavy (non-hydrogen) atoms. The van der Waals surface area contributed by atoms with Gasteiger partial charge in [0, 0.05) is 5.69 Å². The third kappa shape index (κ3) is 5.39. The van der Waals surface area contributed by atoms with E-state index in [1.165, 1.54) is 55.6 Å². The molecule has 0 amide bonds. The fraction of sp³-hybridized carbons (Fsp3) is 0.100. The molecular formula is C20H17F3N2O5S2. The monoisotopic (exact) mass is 486 g/mol. The SMILES string of the molecule is COc1ccc(S(=O)(=O)Nc2ccc(N(c3ccc(C(F)(F)F)cc3)S(=O)O)cc2)cc1. The number of anilines is 3. The highest BCUT2D eigenvalue weighted by atomic mass is 32.2. The van der Waals surface area contributed by atoms with Gasteiger partial charge in [-0.3, -0.25) is 9.27 Å². The van der Waals surface area contributed by atoms with E-state index in [-0.39, 0.29) is 22.0 Å². The van der Waals surface area contributed by atoms with Crippen molar-refractivity contribution in [2.45, 2.75) is 11.1 Å². The molecule has 0 bridgehead atoms. The summed E-state index contributed by atoms with van der Waals surface area (Å²) in [6.45, 7) is 0. The molecular weight excluding hydrogens is 469 g/mol. The molecule has 0 saturated heterocycles. The number of hydrogen-bond donors (Lipinski definition) is 2. The zero-order valence-electron chi connectivity index (χ0n) is 16.4. The molecule has 3 aromatic carbocycles. The Balaban J connectivity index is 1.82. The molecule has 0 fully saturated rings. The zero-order chi connectivity index (χ0) is 23.5. The minimum absolute atomic E-state index is 0.00483. The molecule has 3 aromatic rings. The van der Waals surface area contributed by atoms with E-state index in [0.29, 0.717) is 5.75 Å². The van der Waals surface area contributed by atoms with Gasteiger partial charge < -0.3 is 4.74 Å². The van der Waals surface area contributed by atoms with Gasteiger partial charge in [0.15, 0.2) is 0 Å². The molecule has 0 aromatic heterocycles. The van der Waals surface area contributed by atoms with Crippen LogP contribution in [0.2, 0.25) is 0 Å². The molecule has 3 rings (SSSR count). The number of nitrogens with one attached hydrogen (secondary N) is 1. The highest BCUT2D eigenvalue weighted by Crippen LogP contribution is 2.33. The van der Waals surface area contributed by atoms with Crippen molar-refractivity contribution in [2.24, 2.45) is 0 Å². The number of methoxy groups -OCH3 is 1. The van der Waals surface area contributed by atoms with Crippen LogP contribution in [0.5, 0.6) is 5.75 Å². The zero-order valence-corrected chi connectivity index (χ0v) is 18.0. The van der Waals surface area contributed by atoms with E-state index < -0.39 is 33.0 Å². The van der Waals surface area contributed by atoms with Crippen molar-refractivity contribution in [1.82, 2.24) is 0 Å². The summed E-state index contributed by atoms with van der Waals surface area (Å²) in [5.74, 6) is 0.494. The van der Waals surface area contributed by atoms with Crippen molar-refractivity contribution in [3.05, 3.63) is 78.4 Å². The number of ether oxygens (including phenoxy) is 1. The van der Waals surface area contributed by atoms with Crippen LogP contribution in [0.4, 0.5) is 30.2 Å². The number of hydrogen-bond acceptors (Lipinski definition) is 4. The Bertz CT molecular complexity index is 1200. The maximum absolute atomic E-state index is 12.8. The van der Waals surface area contributed by atoms with Gasteiger partial charge in [0.1, 0.15) is 5.75 Å². The lowest BCUT2D eigenvalue weighted by atomic mass is 10.2. The van der Waals surface area contributed by atoms with Crippen LogP contribution in [0.25, 0.3) is 0 Å². The third-order valence-electron chi connectivity index (χ3n) is 4.31. The summed E-state index contributed by atoms with van der Waals surface area (Å²) in [6, 6.07) is 14.9. The van der Waals surface area contributed by atoms with Gasteiger partial charge in [0.05, 0.1) is 28.9 Å². The number of halogens is 3. The van der Waals surface area contributed by atoms with Crippen molar-refractivity contribution in [1.29, 1.82) is 0 Å². The summed E-state index contributed by atoms with van der Waals surface area (Å²) in [6.07, 6.45) is -4.54. The number of benzene rings is 3. The van der Waals surface area contributed by atoms with Crippen LogP contribution in [0.1, 0.15) is 5.56 Å². The Kier molecular flexibility index (Phi) is 6.77. The van der Waals surface area contributed by atoms with Crippen LogP contribution in [-0.2, 0) is 27.5 Å². The maximum atomic E-state index is 12.8. The Morgan fingerprint density at radius 3 is 1.84 bits per heavy atom. The highest BCUT2D eigenvalue weighted by molar-refractivity contribution is 7.92.